The van der Waals surface area contributed by atoms with Gasteiger partial charge in [0.1, 0.15) is 12.0 Å². The summed E-state index contributed by atoms with van der Waals surface area (Å²) in [5.41, 5.74) is 0.388. The molecule has 70 valence electrons. The molecule has 0 spiro atoms. The molecule has 1 rings (SSSR count). The van der Waals surface area contributed by atoms with Gasteiger partial charge in [0.2, 0.25) is 0 Å². The van der Waals surface area contributed by atoms with E-state index in [4.69, 9.17) is 23.2 Å². The second-order valence-corrected chi connectivity index (χ2v) is 3.23. The molecule has 6 heteroatoms. The minimum absolute atomic E-state index is 0.248. The molecule has 1 heterocycles. The lowest BCUT2D eigenvalue weighted by Gasteiger charge is -2.03. The smallest absolute Gasteiger partial charge is 0.159 e. The van der Waals surface area contributed by atoms with E-state index in [2.05, 4.69) is 15.0 Å². The molecule has 0 aliphatic heterocycles. The molecular formula is C7H8Cl2N4. The molecule has 0 atom stereocenters. The maximum absolute atomic E-state index is 5.75. The standard InChI is InChI=1S/C7H8Cl2N4/c1-13(2)4-12-5-6(8)10-3-11-7(5)9/h3-4H,1-2H3/b12-4+. The molecule has 0 saturated carbocycles. The first-order valence-electron chi connectivity index (χ1n) is 3.48. The number of rotatable bonds is 2. The molecular weight excluding hydrogens is 211 g/mol. The highest BCUT2D eigenvalue weighted by Crippen LogP contribution is 2.28. The average molecular weight is 219 g/mol. The van der Waals surface area contributed by atoms with Crippen LogP contribution in [0.3, 0.4) is 0 Å². The first kappa shape index (κ1) is 10.2. The number of aromatic nitrogens is 2. The van der Waals surface area contributed by atoms with Crippen LogP contribution in [0.15, 0.2) is 11.3 Å². The van der Waals surface area contributed by atoms with Crippen LogP contribution in [0.25, 0.3) is 0 Å². The third-order valence-electron chi connectivity index (χ3n) is 1.15. The van der Waals surface area contributed by atoms with Gasteiger partial charge in [-0.3, -0.25) is 0 Å². The monoisotopic (exact) mass is 218 g/mol. The van der Waals surface area contributed by atoms with Crippen LogP contribution in [0, 0.1) is 0 Å². The predicted octanol–water partition coefficient (Wildman–Crippen LogP) is 2.00. The van der Waals surface area contributed by atoms with E-state index >= 15 is 0 Å². The summed E-state index contributed by atoms with van der Waals surface area (Å²) in [5.74, 6) is 0. The molecule has 0 amide bonds. The number of aliphatic imine (C=N–C) groups is 1. The second-order valence-electron chi connectivity index (χ2n) is 2.51. The van der Waals surface area contributed by atoms with Crippen molar-refractivity contribution in [2.24, 2.45) is 4.99 Å². The van der Waals surface area contributed by atoms with Crippen LogP contribution in [-0.2, 0) is 0 Å². The van der Waals surface area contributed by atoms with E-state index in [-0.39, 0.29) is 10.3 Å². The summed E-state index contributed by atoms with van der Waals surface area (Å²) in [7, 11) is 3.68. The van der Waals surface area contributed by atoms with Crippen LogP contribution in [0.5, 0.6) is 0 Å². The van der Waals surface area contributed by atoms with Crippen molar-refractivity contribution in [3.8, 4) is 0 Å². The summed E-state index contributed by atoms with van der Waals surface area (Å²) in [6.07, 6.45) is 2.87. The van der Waals surface area contributed by atoms with E-state index < -0.39 is 0 Å². The summed E-state index contributed by atoms with van der Waals surface area (Å²) in [6.45, 7) is 0. The molecule has 0 N–H and O–H groups in total. The molecule has 0 radical (unpaired) electrons. The van der Waals surface area contributed by atoms with E-state index in [0.717, 1.165) is 0 Å². The Morgan fingerprint density at radius 3 is 2.31 bits per heavy atom. The van der Waals surface area contributed by atoms with Crippen molar-refractivity contribution in [1.29, 1.82) is 0 Å². The first-order valence-corrected chi connectivity index (χ1v) is 4.23. The third-order valence-corrected chi connectivity index (χ3v) is 1.70. The molecule has 0 saturated heterocycles. The maximum Gasteiger partial charge on any atom is 0.159 e. The van der Waals surface area contributed by atoms with Crippen molar-refractivity contribution in [2.45, 2.75) is 0 Å². The van der Waals surface area contributed by atoms with Gasteiger partial charge in [-0.2, -0.15) is 0 Å². The van der Waals surface area contributed by atoms with Gasteiger partial charge in [-0.1, -0.05) is 23.2 Å². The Hall–Kier alpha value is -0.870. The number of halogens is 2. The zero-order chi connectivity index (χ0) is 9.84. The lowest BCUT2D eigenvalue weighted by atomic mass is 10.5. The van der Waals surface area contributed by atoms with E-state index in [1.807, 2.05) is 14.1 Å². The minimum atomic E-state index is 0.248. The fourth-order valence-electron chi connectivity index (χ4n) is 0.617. The number of nitrogens with zero attached hydrogens (tertiary/aromatic N) is 4. The van der Waals surface area contributed by atoms with Gasteiger partial charge in [0.05, 0.1) is 6.34 Å². The van der Waals surface area contributed by atoms with Gasteiger partial charge in [-0.15, -0.1) is 0 Å². The molecule has 0 fully saturated rings. The summed E-state index contributed by atoms with van der Waals surface area (Å²) < 4.78 is 0. The second kappa shape index (κ2) is 4.39. The zero-order valence-corrected chi connectivity index (χ0v) is 8.71. The molecule has 0 aromatic carbocycles. The molecule has 13 heavy (non-hydrogen) atoms. The van der Waals surface area contributed by atoms with E-state index in [9.17, 15) is 0 Å². The summed E-state index contributed by atoms with van der Waals surface area (Å²) in [6, 6.07) is 0. The van der Waals surface area contributed by atoms with Crippen LogP contribution >= 0.6 is 23.2 Å². The topological polar surface area (TPSA) is 41.4 Å². The van der Waals surface area contributed by atoms with Crippen LogP contribution in [0.1, 0.15) is 0 Å². The Labute approximate surface area is 86.2 Å². The van der Waals surface area contributed by atoms with Gasteiger partial charge >= 0.3 is 0 Å². The van der Waals surface area contributed by atoms with Gasteiger partial charge in [0, 0.05) is 14.1 Å². The third kappa shape index (κ3) is 2.82. The predicted molar refractivity (Wildman–Crippen MR) is 53.9 cm³/mol. The fourth-order valence-corrected chi connectivity index (χ4v) is 1.03. The Morgan fingerprint density at radius 2 is 1.85 bits per heavy atom. The van der Waals surface area contributed by atoms with Crippen LogP contribution < -0.4 is 0 Å². The Kier molecular flexibility index (Phi) is 3.45. The SMILES string of the molecule is CN(C)/C=N/c1c(Cl)ncnc1Cl. The fraction of sp³-hybridized carbons (Fsp3) is 0.286. The molecule has 4 nitrogen and oxygen atoms in total. The Morgan fingerprint density at radius 1 is 1.31 bits per heavy atom. The van der Waals surface area contributed by atoms with Crippen LogP contribution in [-0.4, -0.2) is 35.3 Å². The molecule has 1 aromatic rings. The van der Waals surface area contributed by atoms with E-state index in [0.29, 0.717) is 5.69 Å². The average Bonchev–Trinajstić information content (AvgIpc) is 2.03. The summed E-state index contributed by atoms with van der Waals surface area (Å²) in [5, 5.41) is 0.496. The lowest BCUT2D eigenvalue weighted by Crippen LogP contribution is -2.07. The highest BCUT2D eigenvalue weighted by Gasteiger charge is 2.05. The van der Waals surface area contributed by atoms with Gasteiger partial charge in [0.15, 0.2) is 10.3 Å². The minimum Gasteiger partial charge on any atom is -0.369 e. The van der Waals surface area contributed by atoms with Crippen molar-refractivity contribution < 1.29 is 0 Å². The van der Waals surface area contributed by atoms with Crippen molar-refractivity contribution >= 4 is 35.2 Å². The first-order chi connectivity index (χ1) is 6.11. The van der Waals surface area contributed by atoms with Crippen molar-refractivity contribution in [2.75, 3.05) is 14.1 Å². The van der Waals surface area contributed by atoms with Crippen molar-refractivity contribution in [1.82, 2.24) is 14.9 Å². The maximum atomic E-state index is 5.75. The van der Waals surface area contributed by atoms with Gasteiger partial charge in [-0.25, -0.2) is 15.0 Å². The molecule has 1 aromatic heterocycles. The molecule has 0 aliphatic carbocycles. The number of hydrogen-bond acceptors (Lipinski definition) is 3. The van der Waals surface area contributed by atoms with E-state index in [1.54, 1.807) is 11.2 Å². The van der Waals surface area contributed by atoms with Gasteiger partial charge < -0.3 is 4.90 Å². The summed E-state index contributed by atoms with van der Waals surface area (Å²) in [4.78, 5) is 13.3. The normalized spacial score (nSPS) is 10.8. The quantitative estimate of drug-likeness (QED) is 0.434. The molecule has 0 unspecified atom stereocenters. The largest absolute Gasteiger partial charge is 0.369 e. The Balaban J connectivity index is 3.00. The zero-order valence-electron chi connectivity index (χ0n) is 7.20. The number of hydrogen-bond donors (Lipinski definition) is 0. The summed E-state index contributed by atoms with van der Waals surface area (Å²) >= 11 is 11.5. The van der Waals surface area contributed by atoms with Gasteiger partial charge in [-0.05, 0) is 0 Å². The molecule has 0 bridgehead atoms. The van der Waals surface area contributed by atoms with E-state index in [1.165, 1.54) is 6.33 Å². The van der Waals surface area contributed by atoms with Crippen LogP contribution in [0.2, 0.25) is 10.3 Å². The van der Waals surface area contributed by atoms with Crippen molar-refractivity contribution in [3.05, 3.63) is 16.6 Å². The lowest BCUT2D eigenvalue weighted by molar-refractivity contribution is 0.643. The Bertz CT molecular complexity index is 304. The highest BCUT2D eigenvalue weighted by atomic mass is 35.5. The van der Waals surface area contributed by atoms with Crippen molar-refractivity contribution in [3.63, 3.8) is 0 Å². The van der Waals surface area contributed by atoms with Crippen LogP contribution in [0.4, 0.5) is 5.69 Å². The van der Waals surface area contributed by atoms with Gasteiger partial charge in [0.25, 0.3) is 0 Å². The molecule has 0 aliphatic rings. The highest BCUT2D eigenvalue weighted by molar-refractivity contribution is 6.37.